The zero-order valence-electron chi connectivity index (χ0n) is 14.1. The molecule has 1 aromatic rings. The average Bonchev–Trinajstić information content (AvgIpc) is 2.84. The number of likely N-dealkylation sites (tertiary alicyclic amines) is 1. The van der Waals surface area contributed by atoms with Gasteiger partial charge >= 0.3 is 0 Å². The Hall–Kier alpha value is -1.33. The van der Waals surface area contributed by atoms with Crippen molar-refractivity contribution in [1.82, 2.24) is 4.90 Å². The fourth-order valence-corrected chi connectivity index (χ4v) is 7.05. The Kier molecular flexibility index (Phi) is 2.65. The summed E-state index contributed by atoms with van der Waals surface area (Å²) in [6.07, 6.45) is 5.61. The van der Waals surface area contributed by atoms with Crippen molar-refractivity contribution in [2.75, 3.05) is 20.7 Å². The largest absolute Gasteiger partial charge is 0.493 e. The number of halogens is 1. The van der Waals surface area contributed by atoms with Crippen LogP contribution < -0.4 is 9.47 Å². The second kappa shape index (κ2) is 4.25. The van der Waals surface area contributed by atoms with Crippen molar-refractivity contribution in [3.05, 3.63) is 35.4 Å². The third-order valence-electron chi connectivity index (χ3n) is 6.85. The van der Waals surface area contributed by atoms with Crippen LogP contribution in [0.3, 0.4) is 0 Å². The van der Waals surface area contributed by atoms with E-state index in [1.54, 1.807) is 13.2 Å². The number of methoxy groups -OCH3 is 1. The van der Waals surface area contributed by atoms with Crippen LogP contribution in [-0.2, 0) is 16.6 Å². The third kappa shape index (κ3) is 1.29. The highest BCUT2D eigenvalue weighted by molar-refractivity contribution is 9.10. The van der Waals surface area contributed by atoms with Crippen molar-refractivity contribution in [1.29, 1.82) is 0 Å². The van der Waals surface area contributed by atoms with Gasteiger partial charge in [-0.2, -0.15) is 0 Å². The molecule has 1 spiro atoms. The van der Waals surface area contributed by atoms with E-state index in [9.17, 15) is 4.79 Å². The number of ether oxygens (including phenoxy) is 2. The molecule has 4 nitrogen and oxygen atoms in total. The molecule has 0 saturated carbocycles. The first kappa shape index (κ1) is 15.0. The normalized spacial score (nSPS) is 41.8. The molecule has 1 aromatic carbocycles. The van der Waals surface area contributed by atoms with Gasteiger partial charge in [-0.15, -0.1) is 0 Å². The van der Waals surface area contributed by atoms with E-state index in [0.717, 1.165) is 30.9 Å². The highest BCUT2D eigenvalue weighted by Crippen LogP contribution is 2.69. The molecule has 5 rings (SSSR count). The molecule has 0 aromatic heterocycles. The van der Waals surface area contributed by atoms with Gasteiger partial charge in [0.25, 0.3) is 0 Å². The van der Waals surface area contributed by atoms with E-state index in [1.165, 1.54) is 11.1 Å². The molecule has 1 saturated heterocycles. The van der Waals surface area contributed by atoms with Crippen LogP contribution >= 0.6 is 15.9 Å². The van der Waals surface area contributed by atoms with Crippen LogP contribution in [0.15, 0.2) is 24.3 Å². The maximum absolute atomic E-state index is 13.0. The number of piperidine rings is 1. The molecule has 2 bridgehead atoms. The third-order valence-corrected chi connectivity index (χ3v) is 8.32. The van der Waals surface area contributed by atoms with Gasteiger partial charge in [-0.3, -0.25) is 4.79 Å². The molecule has 5 heteroatoms. The standard InChI is InChI=1S/C19H20BrNO3/c1-17-14(22)6-7-19(20)13-10-11-4-5-12(23-3)16(24-17)15(11)18(17,19)8-9-21(13)2/h4-7,13H,8-10H2,1-3H3/t13-,17-,18+,19-/m1/s1. The van der Waals surface area contributed by atoms with Gasteiger partial charge in [0.15, 0.2) is 22.9 Å². The van der Waals surface area contributed by atoms with E-state index in [0.29, 0.717) is 6.04 Å². The molecule has 4 aliphatic rings. The zero-order valence-corrected chi connectivity index (χ0v) is 15.6. The molecule has 0 unspecified atom stereocenters. The molecule has 0 amide bonds. The Morgan fingerprint density at radius 1 is 1.42 bits per heavy atom. The van der Waals surface area contributed by atoms with E-state index in [4.69, 9.17) is 9.47 Å². The Morgan fingerprint density at radius 2 is 2.21 bits per heavy atom. The van der Waals surface area contributed by atoms with Crippen molar-refractivity contribution >= 4 is 21.7 Å². The van der Waals surface area contributed by atoms with Crippen LogP contribution in [0.2, 0.25) is 0 Å². The number of carbonyl (C=O) groups is 1. The summed E-state index contributed by atoms with van der Waals surface area (Å²) in [6.45, 7) is 2.92. The van der Waals surface area contributed by atoms with Crippen molar-refractivity contribution in [3.8, 4) is 11.5 Å². The van der Waals surface area contributed by atoms with Crippen LogP contribution in [0.4, 0.5) is 0 Å². The first-order chi connectivity index (χ1) is 11.4. The monoisotopic (exact) mass is 389 g/mol. The molecular weight excluding hydrogens is 370 g/mol. The lowest BCUT2D eigenvalue weighted by Crippen LogP contribution is -2.75. The van der Waals surface area contributed by atoms with Crippen molar-refractivity contribution in [2.24, 2.45) is 0 Å². The number of benzene rings is 1. The second-order valence-corrected chi connectivity index (χ2v) is 8.90. The summed E-state index contributed by atoms with van der Waals surface area (Å²) < 4.78 is 11.7. The second-order valence-electron chi connectivity index (χ2n) is 7.59. The number of ketones is 1. The molecular formula is C19H20BrNO3. The van der Waals surface area contributed by atoms with E-state index >= 15 is 0 Å². The Labute approximate surface area is 149 Å². The minimum absolute atomic E-state index is 0.0481. The molecule has 126 valence electrons. The van der Waals surface area contributed by atoms with Gasteiger partial charge in [-0.25, -0.2) is 0 Å². The highest BCUT2D eigenvalue weighted by atomic mass is 79.9. The predicted molar refractivity (Wildman–Crippen MR) is 94.2 cm³/mol. The average molecular weight is 390 g/mol. The van der Waals surface area contributed by atoms with Crippen LogP contribution in [0.5, 0.6) is 11.5 Å². The molecule has 0 radical (unpaired) electrons. The molecule has 4 atom stereocenters. The minimum atomic E-state index is -0.892. The topological polar surface area (TPSA) is 38.8 Å². The van der Waals surface area contributed by atoms with E-state index in [-0.39, 0.29) is 15.5 Å². The lowest BCUT2D eigenvalue weighted by molar-refractivity contribution is -0.138. The number of hydrogen-bond acceptors (Lipinski definition) is 4. The van der Waals surface area contributed by atoms with Crippen LogP contribution in [0.1, 0.15) is 24.5 Å². The number of likely N-dealkylation sites (N-methyl/N-ethyl adjacent to an activating group) is 1. The van der Waals surface area contributed by atoms with E-state index < -0.39 is 5.60 Å². The molecule has 0 N–H and O–H groups in total. The van der Waals surface area contributed by atoms with Gasteiger partial charge < -0.3 is 14.4 Å². The fraction of sp³-hybridized carbons (Fsp3) is 0.526. The summed E-state index contributed by atoms with van der Waals surface area (Å²) in [6, 6.07) is 4.42. The fourth-order valence-electron chi connectivity index (χ4n) is 5.63. The summed E-state index contributed by atoms with van der Waals surface area (Å²) in [7, 11) is 3.83. The van der Waals surface area contributed by atoms with Crippen molar-refractivity contribution < 1.29 is 14.3 Å². The predicted octanol–water partition coefficient (Wildman–Crippen LogP) is 2.62. The summed E-state index contributed by atoms with van der Waals surface area (Å²) in [5.74, 6) is 1.53. The first-order valence-electron chi connectivity index (χ1n) is 8.41. The molecule has 2 aliphatic carbocycles. The molecule has 2 aliphatic heterocycles. The summed E-state index contributed by atoms with van der Waals surface area (Å²) in [5, 5.41) is 0. The van der Waals surface area contributed by atoms with E-state index in [1.807, 2.05) is 13.0 Å². The van der Waals surface area contributed by atoms with Gasteiger partial charge in [0, 0.05) is 11.6 Å². The van der Waals surface area contributed by atoms with Gasteiger partial charge in [-0.05, 0) is 51.1 Å². The smallest absolute Gasteiger partial charge is 0.199 e. The number of alkyl halides is 1. The lowest BCUT2D eigenvalue weighted by Gasteiger charge is -2.62. The van der Waals surface area contributed by atoms with Crippen molar-refractivity contribution in [2.45, 2.75) is 41.1 Å². The SMILES string of the molecule is COc1ccc2c3c1O[C@]1(C)C(=O)C=C[C@@]4(Br)[C@@H](C2)N(C)CC[C@@]341. The summed E-state index contributed by atoms with van der Waals surface area (Å²) in [4.78, 5) is 15.4. The Bertz CT molecular complexity index is 821. The summed E-state index contributed by atoms with van der Waals surface area (Å²) >= 11 is 4.10. The number of carbonyl (C=O) groups excluding carboxylic acids is 1. The van der Waals surface area contributed by atoms with Gasteiger partial charge in [0.05, 0.1) is 16.8 Å². The highest BCUT2D eigenvalue weighted by Gasteiger charge is 2.76. The quantitative estimate of drug-likeness (QED) is 0.692. The first-order valence-corrected chi connectivity index (χ1v) is 9.20. The Morgan fingerprint density at radius 3 is 2.96 bits per heavy atom. The Balaban J connectivity index is 1.93. The van der Waals surface area contributed by atoms with E-state index in [2.05, 4.69) is 40.0 Å². The van der Waals surface area contributed by atoms with Crippen LogP contribution in [0, 0.1) is 0 Å². The minimum Gasteiger partial charge on any atom is -0.493 e. The maximum atomic E-state index is 13.0. The summed E-state index contributed by atoms with van der Waals surface area (Å²) in [5.41, 5.74) is 1.18. The van der Waals surface area contributed by atoms with Gasteiger partial charge in [0.2, 0.25) is 0 Å². The number of nitrogens with zero attached hydrogens (tertiary/aromatic N) is 1. The van der Waals surface area contributed by atoms with Crippen molar-refractivity contribution in [3.63, 3.8) is 0 Å². The zero-order chi connectivity index (χ0) is 16.9. The number of hydrogen-bond donors (Lipinski definition) is 0. The van der Waals surface area contributed by atoms with Gasteiger partial charge in [0.1, 0.15) is 0 Å². The molecule has 2 heterocycles. The van der Waals surface area contributed by atoms with Crippen LogP contribution in [0.25, 0.3) is 0 Å². The maximum Gasteiger partial charge on any atom is 0.199 e. The van der Waals surface area contributed by atoms with Crippen LogP contribution in [-0.4, -0.2) is 47.4 Å². The van der Waals surface area contributed by atoms with Gasteiger partial charge in [-0.1, -0.05) is 28.1 Å². The molecule has 24 heavy (non-hydrogen) atoms. The lowest BCUT2D eigenvalue weighted by atomic mass is 9.49. The molecule has 1 fully saturated rings. The number of rotatable bonds is 1.